The van der Waals surface area contributed by atoms with Crippen LogP contribution in [0.25, 0.3) is 0 Å². The molecule has 2 aromatic carbocycles. The number of ketones is 1. The summed E-state index contributed by atoms with van der Waals surface area (Å²) in [7, 11) is 0. The molecular formula is C20H21NO. The maximum absolute atomic E-state index is 12.3. The number of aryl methyl sites for hydroxylation is 1. The summed E-state index contributed by atoms with van der Waals surface area (Å²) in [5, 5.41) is 3.60. The normalized spacial score (nSPS) is 17.2. The maximum Gasteiger partial charge on any atom is 0.186 e. The standard InChI is InChI=1S/C20H21NO/c1-13(2)18-12-19(22)16-6-4-5-7-17(16)20(18)21-15-10-8-14(3)9-11-15/h4-13,20-21H,1-3H3. The lowest BCUT2D eigenvalue weighted by atomic mass is 9.81. The average Bonchev–Trinajstić information content (AvgIpc) is 2.52. The van der Waals surface area contributed by atoms with Gasteiger partial charge in [-0.05, 0) is 42.2 Å². The van der Waals surface area contributed by atoms with Gasteiger partial charge in [0.25, 0.3) is 0 Å². The number of carbonyl (C=O) groups is 1. The van der Waals surface area contributed by atoms with Gasteiger partial charge in [-0.2, -0.15) is 0 Å². The lowest BCUT2D eigenvalue weighted by Gasteiger charge is -2.30. The number of rotatable bonds is 3. The average molecular weight is 291 g/mol. The summed E-state index contributed by atoms with van der Waals surface area (Å²) >= 11 is 0. The number of anilines is 1. The third-order valence-electron chi connectivity index (χ3n) is 4.20. The largest absolute Gasteiger partial charge is 0.374 e. The first-order chi connectivity index (χ1) is 10.6. The van der Waals surface area contributed by atoms with Gasteiger partial charge in [-0.15, -0.1) is 0 Å². The van der Waals surface area contributed by atoms with Gasteiger partial charge < -0.3 is 5.32 Å². The Kier molecular flexibility index (Phi) is 3.84. The molecule has 0 radical (unpaired) electrons. The Labute approximate surface area is 131 Å². The summed E-state index contributed by atoms with van der Waals surface area (Å²) in [5.41, 5.74) is 5.33. The predicted octanol–water partition coefficient (Wildman–Crippen LogP) is 4.93. The molecule has 0 aliphatic heterocycles. The van der Waals surface area contributed by atoms with E-state index in [9.17, 15) is 4.79 Å². The minimum Gasteiger partial charge on any atom is -0.374 e. The van der Waals surface area contributed by atoms with Crippen LogP contribution in [0.1, 0.15) is 41.4 Å². The van der Waals surface area contributed by atoms with Crippen LogP contribution in [-0.4, -0.2) is 5.78 Å². The monoisotopic (exact) mass is 291 g/mol. The number of benzene rings is 2. The molecule has 1 unspecified atom stereocenters. The quantitative estimate of drug-likeness (QED) is 0.869. The van der Waals surface area contributed by atoms with E-state index in [1.54, 1.807) is 6.08 Å². The van der Waals surface area contributed by atoms with Crippen molar-refractivity contribution in [2.24, 2.45) is 5.92 Å². The highest BCUT2D eigenvalue weighted by Gasteiger charge is 2.28. The number of nitrogens with one attached hydrogen (secondary N) is 1. The molecule has 0 saturated heterocycles. The lowest BCUT2D eigenvalue weighted by molar-refractivity contribution is 0.104. The second-order valence-corrected chi connectivity index (χ2v) is 6.19. The first-order valence-corrected chi connectivity index (χ1v) is 7.74. The summed E-state index contributed by atoms with van der Waals surface area (Å²) in [6.45, 7) is 6.35. The van der Waals surface area contributed by atoms with Crippen molar-refractivity contribution in [2.75, 3.05) is 5.32 Å². The molecule has 0 aromatic heterocycles. The second-order valence-electron chi connectivity index (χ2n) is 6.19. The van der Waals surface area contributed by atoms with Gasteiger partial charge in [0.2, 0.25) is 0 Å². The van der Waals surface area contributed by atoms with Gasteiger partial charge in [0.15, 0.2) is 5.78 Å². The van der Waals surface area contributed by atoms with Crippen LogP contribution in [0.3, 0.4) is 0 Å². The van der Waals surface area contributed by atoms with E-state index in [1.807, 2.05) is 18.2 Å². The molecule has 0 bridgehead atoms. The van der Waals surface area contributed by atoms with Gasteiger partial charge in [-0.25, -0.2) is 0 Å². The highest BCUT2D eigenvalue weighted by Crippen LogP contribution is 2.36. The summed E-state index contributed by atoms with van der Waals surface area (Å²) in [6.07, 6.45) is 1.80. The van der Waals surface area contributed by atoms with Crippen LogP contribution in [0.5, 0.6) is 0 Å². The summed E-state index contributed by atoms with van der Waals surface area (Å²) in [5.74, 6) is 0.432. The number of hydrogen-bond donors (Lipinski definition) is 1. The topological polar surface area (TPSA) is 29.1 Å². The second kappa shape index (κ2) is 5.80. The molecule has 2 heteroatoms. The van der Waals surface area contributed by atoms with Crippen molar-refractivity contribution in [3.05, 3.63) is 76.9 Å². The molecule has 112 valence electrons. The molecule has 0 heterocycles. The first kappa shape index (κ1) is 14.6. The van der Waals surface area contributed by atoms with Crippen LogP contribution in [-0.2, 0) is 0 Å². The zero-order chi connectivity index (χ0) is 15.7. The van der Waals surface area contributed by atoms with Crippen molar-refractivity contribution in [3.63, 3.8) is 0 Å². The minimum absolute atomic E-state index is 0.0524. The highest BCUT2D eigenvalue weighted by atomic mass is 16.1. The van der Waals surface area contributed by atoms with Gasteiger partial charge in [-0.1, -0.05) is 55.8 Å². The van der Waals surface area contributed by atoms with E-state index in [0.29, 0.717) is 5.92 Å². The molecule has 22 heavy (non-hydrogen) atoms. The zero-order valence-corrected chi connectivity index (χ0v) is 13.3. The van der Waals surface area contributed by atoms with Crippen molar-refractivity contribution in [2.45, 2.75) is 26.8 Å². The zero-order valence-electron chi connectivity index (χ0n) is 13.3. The highest BCUT2D eigenvalue weighted by molar-refractivity contribution is 6.08. The van der Waals surface area contributed by atoms with Crippen molar-refractivity contribution >= 4 is 11.5 Å². The molecule has 0 saturated carbocycles. The van der Waals surface area contributed by atoms with Gasteiger partial charge >= 0.3 is 0 Å². The number of carbonyl (C=O) groups excluding carboxylic acids is 1. The van der Waals surface area contributed by atoms with E-state index in [0.717, 1.165) is 22.4 Å². The van der Waals surface area contributed by atoms with Crippen molar-refractivity contribution < 1.29 is 4.79 Å². The van der Waals surface area contributed by atoms with Crippen LogP contribution in [0.4, 0.5) is 5.69 Å². The fourth-order valence-corrected chi connectivity index (χ4v) is 2.94. The Morgan fingerprint density at radius 2 is 1.68 bits per heavy atom. The predicted molar refractivity (Wildman–Crippen MR) is 91.2 cm³/mol. The van der Waals surface area contributed by atoms with E-state index >= 15 is 0 Å². The van der Waals surface area contributed by atoms with Crippen LogP contribution in [0.2, 0.25) is 0 Å². The molecule has 0 amide bonds. The van der Waals surface area contributed by atoms with Gasteiger partial charge in [0.1, 0.15) is 0 Å². The Morgan fingerprint density at radius 3 is 2.36 bits per heavy atom. The van der Waals surface area contributed by atoms with Crippen LogP contribution in [0.15, 0.2) is 60.2 Å². The third kappa shape index (κ3) is 2.69. The molecule has 2 nitrogen and oxygen atoms in total. The van der Waals surface area contributed by atoms with Crippen molar-refractivity contribution in [1.29, 1.82) is 0 Å². The smallest absolute Gasteiger partial charge is 0.186 e. The fraction of sp³-hybridized carbons (Fsp3) is 0.250. The van der Waals surface area contributed by atoms with Crippen molar-refractivity contribution in [3.8, 4) is 0 Å². The van der Waals surface area contributed by atoms with Crippen LogP contribution >= 0.6 is 0 Å². The summed E-state index contributed by atoms with van der Waals surface area (Å²) < 4.78 is 0. The third-order valence-corrected chi connectivity index (χ3v) is 4.20. The first-order valence-electron chi connectivity index (χ1n) is 7.74. The van der Waals surface area contributed by atoms with E-state index in [2.05, 4.69) is 56.4 Å². The SMILES string of the molecule is Cc1ccc(NC2C(C(C)C)=CC(=O)c3ccccc32)cc1. The summed E-state index contributed by atoms with van der Waals surface area (Å²) in [4.78, 5) is 12.3. The molecule has 1 N–H and O–H groups in total. The number of hydrogen-bond acceptors (Lipinski definition) is 2. The molecule has 1 atom stereocenters. The van der Waals surface area contributed by atoms with Gasteiger partial charge in [0, 0.05) is 11.3 Å². The van der Waals surface area contributed by atoms with Crippen LogP contribution < -0.4 is 5.32 Å². The fourth-order valence-electron chi connectivity index (χ4n) is 2.94. The molecule has 0 fully saturated rings. The van der Waals surface area contributed by atoms with E-state index < -0.39 is 0 Å². The van der Waals surface area contributed by atoms with Crippen molar-refractivity contribution in [1.82, 2.24) is 0 Å². The molecule has 1 aliphatic rings. The molecule has 3 rings (SSSR count). The molecular weight excluding hydrogens is 270 g/mol. The Morgan fingerprint density at radius 1 is 1.00 bits per heavy atom. The number of fused-ring (bicyclic) bond motifs is 1. The van der Waals surface area contributed by atoms with E-state index in [4.69, 9.17) is 0 Å². The molecule has 1 aliphatic carbocycles. The lowest BCUT2D eigenvalue weighted by Crippen LogP contribution is -2.24. The maximum atomic E-state index is 12.3. The molecule has 0 spiro atoms. The Hall–Kier alpha value is -2.35. The number of allylic oxidation sites excluding steroid dienone is 1. The van der Waals surface area contributed by atoms with Crippen LogP contribution in [0, 0.1) is 12.8 Å². The van der Waals surface area contributed by atoms with E-state index in [1.165, 1.54) is 5.56 Å². The van der Waals surface area contributed by atoms with Gasteiger partial charge in [0.05, 0.1) is 6.04 Å². The van der Waals surface area contributed by atoms with E-state index in [-0.39, 0.29) is 11.8 Å². The van der Waals surface area contributed by atoms with Gasteiger partial charge in [-0.3, -0.25) is 4.79 Å². The summed E-state index contributed by atoms with van der Waals surface area (Å²) in [6, 6.07) is 16.3. The Balaban J connectivity index is 2.03. The minimum atomic E-state index is 0.0524. The Bertz CT molecular complexity index is 726. The molecule has 2 aromatic rings.